The van der Waals surface area contributed by atoms with Crippen molar-refractivity contribution < 1.29 is 9.84 Å². The van der Waals surface area contributed by atoms with Crippen molar-refractivity contribution in [3.8, 4) is 17.3 Å². The summed E-state index contributed by atoms with van der Waals surface area (Å²) in [5, 5.41) is 12.9. The first-order valence-corrected chi connectivity index (χ1v) is 9.75. The highest BCUT2D eigenvalue weighted by Gasteiger charge is 2.16. The van der Waals surface area contributed by atoms with E-state index in [1.807, 2.05) is 0 Å². The molecule has 4 rings (SSSR count). The summed E-state index contributed by atoms with van der Waals surface area (Å²) in [6.07, 6.45) is 1.51. The number of rotatable bonds is 4. The first kappa shape index (κ1) is 20.0. The summed E-state index contributed by atoms with van der Waals surface area (Å²) in [6, 6.07) is 18.9. The third kappa shape index (κ3) is 3.65. The van der Waals surface area contributed by atoms with Crippen molar-refractivity contribution in [2.45, 2.75) is 0 Å². The van der Waals surface area contributed by atoms with Crippen LogP contribution in [0.15, 0.2) is 76.5 Å². The number of hydrogen-bond donors (Lipinski definition) is 1. The third-order valence-corrected chi connectivity index (χ3v) is 5.18. The summed E-state index contributed by atoms with van der Waals surface area (Å²) in [7, 11) is 1.54. The molecule has 30 heavy (non-hydrogen) atoms. The topological polar surface area (TPSA) is 63.8 Å². The van der Waals surface area contributed by atoms with Gasteiger partial charge in [-0.3, -0.25) is 9.79 Å². The number of ether oxygens (including phenoxy) is 1. The van der Waals surface area contributed by atoms with Crippen LogP contribution in [-0.4, -0.2) is 23.0 Å². The van der Waals surface area contributed by atoms with Gasteiger partial charge in [0, 0.05) is 22.0 Å². The van der Waals surface area contributed by atoms with Gasteiger partial charge in [0.05, 0.1) is 29.1 Å². The van der Waals surface area contributed by atoms with Crippen molar-refractivity contribution >= 4 is 45.9 Å². The van der Waals surface area contributed by atoms with E-state index in [-0.39, 0.29) is 11.4 Å². The molecular formula is C23H16Cl2N2O3. The molecule has 0 fully saturated rings. The summed E-state index contributed by atoms with van der Waals surface area (Å²) in [5.41, 5.74) is 1.08. The van der Waals surface area contributed by atoms with Crippen molar-refractivity contribution in [1.82, 2.24) is 4.57 Å². The molecule has 0 unspecified atom stereocenters. The highest BCUT2D eigenvalue weighted by molar-refractivity contribution is 6.32. The number of benzene rings is 3. The minimum atomic E-state index is -0.352. The molecule has 1 heterocycles. The van der Waals surface area contributed by atoms with Gasteiger partial charge in [-0.15, -0.1) is 0 Å². The van der Waals surface area contributed by atoms with Crippen molar-refractivity contribution in [3.05, 3.63) is 92.7 Å². The SMILES string of the molecule is COc1ccc(N=Cc2c(O)n(-c3cccc(Cl)c3)c(=O)c3ccccc23)cc1Cl. The van der Waals surface area contributed by atoms with E-state index in [4.69, 9.17) is 27.9 Å². The van der Waals surface area contributed by atoms with Crippen LogP contribution in [0.5, 0.6) is 11.6 Å². The van der Waals surface area contributed by atoms with Crippen molar-refractivity contribution in [2.75, 3.05) is 7.11 Å². The Kier molecular flexibility index (Phi) is 5.48. The quantitative estimate of drug-likeness (QED) is 0.411. The Morgan fingerprint density at radius 3 is 2.47 bits per heavy atom. The number of pyridine rings is 1. The summed E-state index contributed by atoms with van der Waals surface area (Å²) in [6.45, 7) is 0. The molecule has 4 aromatic rings. The fraction of sp³-hybridized carbons (Fsp3) is 0.0435. The minimum absolute atomic E-state index is 0.232. The van der Waals surface area contributed by atoms with Crippen LogP contribution in [0.25, 0.3) is 16.5 Å². The maximum Gasteiger partial charge on any atom is 0.265 e. The van der Waals surface area contributed by atoms with Crippen LogP contribution in [0.2, 0.25) is 10.0 Å². The number of halogens is 2. The molecule has 3 aromatic carbocycles. The zero-order valence-corrected chi connectivity index (χ0v) is 17.4. The average molecular weight is 439 g/mol. The van der Waals surface area contributed by atoms with Crippen LogP contribution < -0.4 is 10.3 Å². The molecule has 0 aliphatic carbocycles. The van der Waals surface area contributed by atoms with Gasteiger partial charge in [0.15, 0.2) is 0 Å². The number of methoxy groups -OCH3 is 1. The minimum Gasteiger partial charge on any atom is -0.495 e. The number of nitrogens with zero attached hydrogens (tertiary/aromatic N) is 2. The van der Waals surface area contributed by atoms with E-state index in [1.54, 1.807) is 66.7 Å². The maximum absolute atomic E-state index is 13.1. The largest absolute Gasteiger partial charge is 0.495 e. The lowest BCUT2D eigenvalue weighted by atomic mass is 10.1. The lowest BCUT2D eigenvalue weighted by Gasteiger charge is -2.14. The predicted octanol–water partition coefficient (Wildman–Crippen LogP) is 5.76. The van der Waals surface area contributed by atoms with Gasteiger partial charge in [-0.1, -0.05) is 47.5 Å². The number of aromatic nitrogens is 1. The van der Waals surface area contributed by atoms with E-state index in [0.29, 0.717) is 43.5 Å². The molecule has 0 spiro atoms. The van der Waals surface area contributed by atoms with Crippen LogP contribution in [0, 0.1) is 0 Å². The smallest absolute Gasteiger partial charge is 0.265 e. The van der Waals surface area contributed by atoms with Crippen molar-refractivity contribution in [3.63, 3.8) is 0 Å². The second-order valence-corrected chi connectivity index (χ2v) is 7.32. The first-order valence-electron chi connectivity index (χ1n) is 9.00. The van der Waals surface area contributed by atoms with E-state index >= 15 is 0 Å². The highest BCUT2D eigenvalue weighted by Crippen LogP contribution is 2.30. The summed E-state index contributed by atoms with van der Waals surface area (Å²) in [4.78, 5) is 17.5. The Balaban J connectivity index is 1.93. The molecular weight excluding hydrogens is 423 g/mol. The Bertz CT molecular complexity index is 1350. The Morgan fingerprint density at radius 2 is 1.77 bits per heavy atom. The average Bonchev–Trinajstić information content (AvgIpc) is 2.74. The van der Waals surface area contributed by atoms with E-state index < -0.39 is 0 Å². The van der Waals surface area contributed by atoms with E-state index in [9.17, 15) is 9.90 Å². The summed E-state index contributed by atoms with van der Waals surface area (Å²) in [5.74, 6) is 0.308. The molecule has 0 atom stereocenters. The summed E-state index contributed by atoms with van der Waals surface area (Å²) >= 11 is 12.3. The van der Waals surface area contributed by atoms with Gasteiger partial charge < -0.3 is 9.84 Å². The highest BCUT2D eigenvalue weighted by atomic mass is 35.5. The molecule has 0 saturated carbocycles. The lowest BCUT2D eigenvalue weighted by molar-refractivity contribution is 0.415. The monoisotopic (exact) mass is 438 g/mol. The Hall–Kier alpha value is -3.28. The molecule has 0 amide bonds. The van der Waals surface area contributed by atoms with E-state index in [1.165, 1.54) is 17.9 Å². The van der Waals surface area contributed by atoms with Gasteiger partial charge in [0.25, 0.3) is 5.56 Å². The van der Waals surface area contributed by atoms with Gasteiger partial charge in [0.1, 0.15) is 5.75 Å². The van der Waals surface area contributed by atoms with Gasteiger partial charge in [-0.25, -0.2) is 4.57 Å². The Labute approximate surface area is 182 Å². The van der Waals surface area contributed by atoms with E-state index in [2.05, 4.69) is 4.99 Å². The molecule has 0 radical (unpaired) electrons. The molecule has 0 aliphatic rings. The normalized spacial score (nSPS) is 11.3. The molecule has 0 aliphatic heterocycles. The molecule has 7 heteroatoms. The van der Waals surface area contributed by atoms with Gasteiger partial charge in [0.2, 0.25) is 5.88 Å². The second-order valence-electron chi connectivity index (χ2n) is 6.48. The molecule has 0 saturated heterocycles. The fourth-order valence-electron chi connectivity index (χ4n) is 3.22. The molecule has 1 N–H and O–H groups in total. The van der Waals surface area contributed by atoms with E-state index in [0.717, 1.165) is 0 Å². The van der Waals surface area contributed by atoms with Crippen LogP contribution in [0.4, 0.5) is 5.69 Å². The lowest BCUT2D eigenvalue weighted by Crippen LogP contribution is -2.20. The van der Waals surface area contributed by atoms with Crippen molar-refractivity contribution in [1.29, 1.82) is 0 Å². The van der Waals surface area contributed by atoms with Gasteiger partial charge >= 0.3 is 0 Å². The van der Waals surface area contributed by atoms with Crippen molar-refractivity contribution in [2.24, 2.45) is 4.99 Å². The van der Waals surface area contributed by atoms with Gasteiger partial charge in [-0.05, 0) is 42.5 Å². The zero-order chi connectivity index (χ0) is 21.3. The van der Waals surface area contributed by atoms with Crippen LogP contribution in [-0.2, 0) is 0 Å². The first-order chi connectivity index (χ1) is 14.5. The van der Waals surface area contributed by atoms with Gasteiger partial charge in [-0.2, -0.15) is 0 Å². The summed E-state index contributed by atoms with van der Waals surface area (Å²) < 4.78 is 6.37. The Morgan fingerprint density at radius 1 is 1.00 bits per heavy atom. The van der Waals surface area contributed by atoms with Crippen LogP contribution >= 0.6 is 23.2 Å². The standard InChI is InChI=1S/C23H16Cl2N2O3/c1-30-21-10-9-15(12-20(21)25)26-13-19-17-7-2-3-8-18(17)22(28)27(23(19)29)16-6-4-5-14(24)11-16/h2-13,29H,1H3. The number of aliphatic imine (C=N–C) groups is 1. The maximum atomic E-state index is 13.1. The van der Waals surface area contributed by atoms with Crippen LogP contribution in [0.3, 0.4) is 0 Å². The number of fused-ring (bicyclic) bond motifs is 1. The predicted molar refractivity (Wildman–Crippen MR) is 121 cm³/mol. The number of hydrogen-bond acceptors (Lipinski definition) is 4. The van der Waals surface area contributed by atoms with Crippen LogP contribution in [0.1, 0.15) is 5.56 Å². The molecule has 5 nitrogen and oxygen atoms in total. The zero-order valence-electron chi connectivity index (χ0n) is 15.8. The third-order valence-electron chi connectivity index (χ3n) is 4.65. The fourth-order valence-corrected chi connectivity index (χ4v) is 3.66. The number of aromatic hydroxyl groups is 1. The second kappa shape index (κ2) is 8.22. The molecule has 1 aromatic heterocycles. The molecule has 150 valence electrons. The molecule has 0 bridgehead atoms.